The molecule has 0 aliphatic rings. The molecule has 0 saturated heterocycles. The lowest BCUT2D eigenvalue weighted by Crippen LogP contribution is -2.07. The van der Waals surface area contributed by atoms with E-state index >= 15 is 0 Å². The van der Waals surface area contributed by atoms with Crippen LogP contribution in [0.4, 0.5) is 17.5 Å². The van der Waals surface area contributed by atoms with Crippen molar-refractivity contribution in [3.8, 4) is 0 Å². The smallest absolute Gasteiger partial charge is 0.227 e. The molecule has 0 saturated carbocycles. The first-order chi connectivity index (χ1) is 13.1. The Labute approximate surface area is 162 Å². The molecule has 4 aromatic rings. The summed E-state index contributed by atoms with van der Waals surface area (Å²) in [5, 5.41) is 12.6. The molecule has 4 rings (SSSR count). The maximum absolute atomic E-state index is 6.24. The third-order valence-corrected chi connectivity index (χ3v) is 4.75. The van der Waals surface area contributed by atoms with Gasteiger partial charge in [-0.3, -0.25) is 4.68 Å². The molecule has 2 N–H and O–H groups in total. The first-order valence-electron chi connectivity index (χ1n) is 8.61. The average molecular weight is 379 g/mol. The van der Waals surface area contributed by atoms with Crippen LogP contribution in [0.2, 0.25) is 5.02 Å². The second-order valence-corrected chi connectivity index (χ2v) is 6.69. The normalized spacial score (nSPS) is 10.9. The van der Waals surface area contributed by atoms with E-state index in [1.54, 1.807) is 10.9 Å². The van der Waals surface area contributed by atoms with Gasteiger partial charge in [0, 0.05) is 24.3 Å². The number of anilines is 3. The zero-order valence-electron chi connectivity index (χ0n) is 15.1. The molecule has 2 heterocycles. The van der Waals surface area contributed by atoms with Crippen LogP contribution in [0, 0.1) is 6.92 Å². The van der Waals surface area contributed by atoms with E-state index in [1.165, 1.54) is 0 Å². The molecule has 0 atom stereocenters. The van der Waals surface area contributed by atoms with Gasteiger partial charge in [-0.25, -0.2) is 0 Å². The number of nitrogens with zero attached hydrogens (tertiary/aromatic N) is 4. The molecule has 27 heavy (non-hydrogen) atoms. The highest BCUT2D eigenvalue weighted by Gasteiger charge is 2.13. The predicted octanol–water partition coefficient (Wildman–Crippen LogP) is 4.68. The van der Waals surface area contributed by atoms with Crippen LogP contribution in [0.5, 0.6) is 0 Å². The number of rotatable bonds is 5. The number of hydrogen-bond donors (Lipinski definition) is 2. The number of fused-ring (bicyclic) bond motifs is 1. The molecule has 136 valence electrons. The van der Waals surface area contributed by atoms with Gasteiger partial charge in [-0.15, -0.1) is 0 Å². The molecular weight excluding hydrogens is 360 g/mol. The van der Waals surface area contributed by atoms with Crippen LogP contribution in [0.1, 0.15) is 11.1 Å². The van der Waals surface area contributed by atoms with Crippen molar-refractivity contribution in [3.05, 3.63) is 70.9 Å². The quantitative estimate of drug-likeness (QED) is 0.527. The molecule has 0 aliphatic heterocycles. The highest BCUT2D eigenvalue weighted by Crippen LogP contribution is 2.26. The monoisotopic (exact) mass is 378 g/mol. The Hall–Kier alpha value is -3.12. The fraction of sp³-hybridized carbons (Fsp3) is 0.150. The second kappa shape index (κ2) is 7.25. The Bertz CT molecular complexity index is 1100. The first kappa shape index (κ1) is 17.3. The topological polar surface area (TPSA) is 67.7 Å². The van der Waals surface area contributed by atoms with Crippen LogP contribution < -0.4 is 10.6 Å². The number of nitrogens with one attached hydrogen (secondary N) is 2. The van der Waals surface area contributed by atoms with Crippen LogP contribution in [0.15, 0.2) is 54.7 Å². The van der Waals surface area contributed by atoms with Gasteiger partial charge in [-0.05, 0) is 30.2 Å². The Morgan fingerprint density at radius 1 is 1.04 bits per heavy atom. The Morgan fingerprint density at radius 2 is 1.81 bits per heavy atom. The van der Waals surface area contributed by atoms with Crippen LogP contribution in [0.25, 0.3) is 11.0 Å². The Morgan fingerprint density at radius 3 is 2.63 bits per heavy atom. The van der Waals surface area contributed by atoms with E-state index in [4.69, 9.17) is 11.6 Å². The molecule has 0 amide bonds. The number of aromatic nitrogens is 4. The van der Waals surface area contributed by atoms with E-state index in [0.29, 0.717) is 23.3 Å². The summed E-state index contributed by atoms with van der Waals surface area (Å²) < 4.78 is 1.74. The van der Waals surface area contributed by atoms with Gasteiger partial charge in [-0.2, -0.15) is 15.1 Å². The van der Waals surface area contributed by atoms with Crippen molar-refractivity contribution in [2.75, 3.05) is 10.6 Å². The number of aryl methyl sites for hydroxylation is 2. The highest BCUT2D eigenvalue weighted by molar-refractivity contribution is 6.31. The molecule has 7 heteroatoms. The fourth-order valence-electron chi connectivity index (χ4n) is 2.85. The van der Waals surface area contributed by atoms with Crippen LogP contribution in [-0.4, -0.2) is 19.7 Å². The van der Waals surface area contributed by atoms with E-state index in [1.807, 2.05) is 49.5 Å². The molecule has 0 aliphatic carbocycles. The summed E-state index contributed by atoms with van der Waals surface area (Å²) >= 11 is 6.24. The number of benzene rings is 2. The maximum atomic E-state index is 6.24. The van der Waals surface area contributed by atoms with Gasteiger partial charge in [0.2, 0.25) is 5.95 Å². The lowest BCUT2D eigenvalue weighted by molar-refractivity contribution is 0.785. The second-order valence-electron chi connectivity index (χ2n) is 6.29. The standard InChI is InChI=1S/C20H19ClN6/c1-13-7-3-6-10-17(13)24-18-15-12-23-27(2)19(15)26-20(25-18)22-11-14-8-4-5-9-16(14)21/h3-10,12H,11H2,1-2H3,(H2,22,24,25,26). The lowest BCUT2D eigenvalue weighted by atomic mass is 10.2. The van der Waals surface area contributed by atoms with Gasteiger partial charge in [-0.1, -0.05) is 48.0 Å². The van der Waals surface area contributed by atoms with Crippen molar-refractivity contribution >= 4 is 40.1 Å². The molecule has 0 unspecified atom stereocenters. The van der Waals surface area contributed by atoms with Gasteiger partial charge < -0.3 is 10.6 Å². The molecule has 0 spiro atoms. The van der Waals surface area contributed by atoms with E-state index in [0.717, 1.165) is 27.8 Å². The summed E-state index contributed by atoms with van der Waals surface area (Å²) in [5.41, 5.74) is 3.88. The molecule has 0 bridgehead atoms. The average Bonchev–Trinajstić information content (AvgIpc) is 3.04. The molecule has 2 aromatic carbocycles. The van der Waals surface area contributed by atoms with Crippen LogP contribution >= 0.6 is 11.6 Å². The summed E-state index contributed by atoms with van der Waals surface area (Å²) in [6, 6.07) is 15.8. The third kappa shape index (κ3) is 3.57. The third-order valence-electron chi connectivity index (χ3n) is 4.39. The van der Waals surface area contributed by atoms with Gasteiger partial charge >= 0.3 is 0 Å². The van der Waals surface area contributed by atoms with Crippen molar-refractivity contribution < 1.29 is 0 Å². The zero-order valence-corrected chi connectivity index (χ0v) is 15.8. The van der Waals surface area contributed by atoms with Gasteiger partial charge in [0.25, 0.3) is 0 Å². The van der Waals surface area contributed by atoms with Crippen molar-refractivity contribution in [1.29, 1.82) is 0 Å². The molecule has 0 fully saturated rings. The zero-order chi connectivity index (χ0) is 18.8. The van der Waals surface area contributed by atoms with Gasteiger partial charge in [0.05, 0.1) is 11.6 Å². The summed E-state index contributed by atoms with van der Waals surface area (Å²) in [6.07, 6.45) is 1.77. The molecule has 2 aromatic heterocycles. The Balaban J connectivity index is 1.68. The van der Waals surface area contributed by atoms with Crippen molar-refractivity contribution in [3.63, 3.8) is 0 Å². The molecule has 6 nitrogen and oxygen atoms in total. The van der Waals surface area contributed by atoms with E-state index in [-0.39, 0.29) is 0 Å². The predicted molar refractivity (Wildman–Crippen MR) is 110 cm³/mol. The highest BCUT2D eigenvalue weighted by atomic mass is 35.5. The maximum Gasteiger partial charge on any atom is 0.227 e. The van der Waals surface area contributed by atoms with Gasteiger partial charge in [0.15, 0.2) is 5.65 Å². The summed E-state index contributed by atoms with van der Waals surface area (Å²) in [6.45, 7) is 2.59. The Kier molecular flexibility index (Phi) is 4.64. The van der Waals surface area contributed by atoms with Crippen molar-refractivity contribution in [2.24, 2.45) is 7.05 Å². The minimum Gasteiger partial charge on any atom is -0.350 e. The summed E-state index contributed by atoms with van der Waals surface area (Å²) in [4.78, 5) is 9.26. The first-order valence-corrected chi connectivity index (χ1v) is 8.99. The summed E-state index contributed by atoms with van der Waals surface area (Å²) in [7, 11) is 1.87. The minimum absolute atomic E-state index is 0.516. The lowest BCUT2D eigenvalue weighted by Gasteiger charge is -2.12. The van der Waals surface area contributed by atoms with E-state index in [2.05, 4.69) is 38.7 Å². The minimum atomic E-state index is 0.516. The summed E-state index contributed by atoms with van der Waals surface area (Å²) in [5.74, 6) is 1.23. The van der Waals surface area contributed by atoms with Gasteiger partial charge in [0.1, 0.15) is 5.82 Å². The van der Waals surface area contributed by atoms with Crippen LogP contribution in [-0.2, 0) is 13.6 Å². The fourth-order valence-corrected chi connectivity index (χ4v) is 3.06. The number of halogens is 1. The molecule has 0 radical (unpaired) electrons. The van der Waals surface area contributed by atoms with Crippen molar-refractivity contribution in [1.82, 2.24) is 19.7 Å². The van der Waals surface area contributed by atoms with E-state index in [9.17, 15) is 0 Å². The van der Waals surface area contributed by atoms with Crippen molar-refractivity contribution in [2.45, 2.75) is 13.5 Å². The largest absolute Gasteiger partial charge is 0.350 e. The van der Waals surface area contributed by atoms with E-state index < -0.39 is 0 Å². The number of para-hydroxylation sites is 1. The van der Waals surface area contributed by atoms with Crippen LogP contribution in [0.3, 0.4) is 0 Å². The SMILES string of the molecule is Cc1ccccc1Nc1nc(NCc2ccccc2Cl)nc2c1cnn2C. The molecular formula is C20H19ClN6. The number of hydrogen-bond acceptors (Lipinski definition) is 5.